The molecule has 0 fully saturated rings. The number of nitrogens with one attached hydrogen (secondary N) is 1. The lowest BCUT2D eigenvalue weighted by Crippen LogP contribution is -2.24. The first-order chi connectivity index (χ1) is 10.3. The Balaban J connectivity index is 2.09. The third-order valence-corrected chi connectivity index (χ3v) is 3.65. The van der Waals surface area contributed by atoms with Gasteiger partial charge in [-0.25, -0.2) is 0 Å². The molecule has 1 N–H and O–H groups in total. The Morgan fingerprint density at radius 2 is 2.14 bits per heavy atom. The molecule has 4 heteroatoms. The van der Waals surface area contributed by atoms with E-state index in [9.17, 15) is 0 Å². The van der Waals surface area contributed by atoms with Crippen molar-refractivity contribution in [1.82, 2.24) is 20.1 Å². The quantitative estimate of drug-likeness (QED) is 0.781. The molecule has 0 saturated carbocycles. The molecule has 108 valence electrons. The first-order valence-electron chi connectivity index (χ1n) is 7.35. The molecule has 4 nitrogen and oxygen atoms in total. The van der Waals surface area contributed by atoms with Gasteiger partial charge in [-0.05, 0) is 36.0 Å². The molecule has 0 aliphatic heterocycles. The van der Waals surface area contributed by atoms with Crippen LogP contribution in [0.15, 0.2) is 48.9 Å². The van der Waals surface area contributed by atoms with E-state index in [1.54, 1.807) is 0 Å². The van der Waals surface area contributed by atoms with Gasteiger partial charge in [0.2, 0.25) is 0 Å². The Bertz CT molecular complexity index is 727. The molecule has 3 rings (SSSR count). The van der Waals surface area contributed by atoms with Crippen LogP contribution in [0.1, 0.15) is 30.6 Å². The van der Waals surface area contributed by atoms with Gasteiger partial charge in [-0.1, -0.05) is 25.1 Å². The Labute approximate surface area is 124 Å². The van der Waals surface area contributed by atoms with Crippen LogP contribution in [0.5, 0.6) is 0 Å². The van der Waals surface area contributed by atoms with Crippen LogP contribution < -0.4 is 5.32 Å². The lowest BCUT2D eigenvalue weighted by molar-refractivity contribution is 0.578. The molecular weight excluding hydrogens is 260 g/mol. The summed E-state index contributed by atoms with van der Waals surface area (Å²) in [7, 11) is 1.95. The zero-order valence-corrected chi connectivity index (χ0v) is 12.5. The van der Waals surface area contributed by atoms with Gasteiger partial charge in [0.05, 0.1) is 11.7 Å². The summed E-state index contributed by atoms with van der Waals surface area (Å²) in [4.78, 5) is 4.21. The molecule has 0 radical (unpaired) electrons. The van der Waals surface area contributed by atoms with Crippen molar-refractivity contribution < 1.29 is 0 Å². The summed E-state index contributed by atoms with van der Waals surface area (Å²) in [6.45, 7) is 3.14. The summed E-state index contributed by atoms with van der Waals surface area (Å²) in [5.41, 5.74) is 2.30. The minimum Gasteiger partial charge on any atom is -0.305 e. The number of fused-ring (bicyclic) bond motifs is 1. The number of benzene rings is 1. The molecule has 0 aliphatic rings. The van der Waals surface area contributed by atoms with Crippen molar-refractivity contribution in [2.24, 2.45) is 7.05 Å². The molecule has 0 amide bonds. The highest BCUT2D eigenvalue weighted by Crippen LogP contribution is 2.27. The van der Waals surface area contributed by atoms with Gasteiger partial charge in [0, 0.05) is 31.0 Å². The lowest BCUT2D eigenvalue weighted by atomic mass is 9.97. The second-order valence-corrected chi connectivity index (χ2v) is 5.25. The Morgan fingerprint density at radius 3 is 2.90 bits per heavy atom. The molecule has 0 spiro atoms. The maximum absolute atomic E-state index is 4.59. The molecule has 1 atom stereocenters. The molecule has 2 heterocycles. The van der Waals surface area contributed by atoms with Crippen LogP contribution in [0.25, 0.3) is 10.8 Å². The minimum absolute atomic E-state index is 0.109. The third-order valence-electron chi connectivity index (χ3n) is 3.65. The van der Waals surface area contributed by atoms with Crippen molar-refractivity contribution in [3.63, 3.8) is 0 Å². The lowest BCUT2D eigenvalue weighted by Gasteiger charge is -2.19. The molecule has 2 aromatic heterocycles. The topological polar surface area (TPSA) is 42.7 Å². The van der Waals surface area contributed by atoms with Crippen molar-refractivity contribution in [1.29, 1.82) is 0 Å². The first kappa shape index (κ1) is 13.8. The molecule has 0 saturated heterocycles. The van der Waals surface area contributed by atoms with E-state index in [1.807, 2.05) is 30.3 Å². The average molecular weight is 280 g/mol. The Kier molecular flexibility index (Phi) is 3.97. The van der Waals surface area contributed by atoms with E-state index in [4.69, 9.17) is 0 Å². The highest BCUT2D eigenvalue weighted by Gasteiger charge is 2.18. The average Bonchev–Trinajstić information content (AvgIpc) is 2.94. The predicted octanol–water partition coefficient (Wildman–Crippen LogP) is 3.06. The van der Waals surface area contributed by atoms with Gasteiger partial charge in [0.15, 0.2) is 0 Å². The van der Waals surface area contributed by atoms with E-state index < -0.39 is 0 Å². The van der Waals surface area contributed by atoms with Gasteiger partial charge in [0.1, 0.15) is 0 Å². The van der Waals surface area contributed by atoms with Crippen molar-refractivity contribution in [3.8, 4) is 0 Å². The summed E-state index contributed by atoms with van der Waals surface area (Å²) in [5.74, 6) is 0. The Morgan fingerprint density at radius 1 is 1.24 bits per heavy atom. The highest BCUT2D eigenvalue weighted by atomic mass is 15.3. The zero-order chi connectivity index (χ0) is 14.7. The van der Waals surface area contributed by atoms with Gasteiger partial charge in [-0.3, -0.25) is 9.67 Å². The molecule has 0 aliphatic carbocycles. The van der Waals surface area contributed by atoms with Crippen molar-refractivity contribution in [2.75, 3.05) is 6.54 Å². The Hall–Kier alpha value is -2.20. The van der Waals surface area contributed by atoms with Gasteiger partial charge in [0.25, 0.3) is 0 Å². The molecule has 1 aromatic carbocycles. The van der Waals surface area contributed by atoms with E-state index in [2.05, 4.69) is 52.7 Å². The van der Waals surface area contributed by atoms with E-state index in [0.717, 1.165) is 24.0 Å². The van der Waals surface area contributed by atoms with Gasteiger partial charge < -0.3 is 5.32 Å². The summed E-state index contributed by atoms with van der Waals surface area (Å²) < 4.78 is 1.85. The van der Waals surface area contributed by atoms with Crippen LogP contribution in [-0.4, -0.2) is 21.3 Å². The first-order valence-corrected chi connectivity index (χ1v) is 7.35. The molecule has 3 aromatic rings. The third kappa shape index (κ3) is 2.81. The van der Waals surface area contributed by atoms with Crippen molar-refractivity contribution in [2.45, 2.75) is 19.4 Å². The van der Waals surface area contributed by atoms with E-state index in [-0.39, 0.29) is 6.04 Å². The number of hydrogen-bond donors (Lipinski definition) is 1. The number of rotatable bonds is 5. The fraction of sp³-hybridized carbons (Fsp3) is 0.294. The monoisotopic (exact) mass is 280 g/mol. The fourth-order valence-corrected chi connectivity index (χ4v) is 2.65. The SMILES string of the molecule is CCCNC(c1ccn(C)n1)c1cccc2cnccc12. The summed E-state index contributed by atoms with van der Waals surface area (Å²) in [6, 6.07) is 10.6. The molecular formula is C17H20N4. The second-order valence-electron chi connectivity index (χ2n) is 5.25. The largest absolute Gasteiger partial charge is 0.305 e. The molecule has 0 bridgehead atoms. The molecule has 1 unspecified atom stereocenters. The van der Waals surface area contributed by atoms with Gasteiger partial charge >= 0.3 is 0 Å². The summed E-state index contributed by atoms with van der Waals surface area (Å²) in [5, 5.41) is 10.6. The number of nitrogens with zero attached hydrogens (tertiary/aromatic N) is 3. The maximum Gasteiger partial charge on any atom is 0.0839 e. The second kappa shape index (κ2) is 6.06. The van der Waals surface area contributed by atoms with Crippen LogP contribution in [0, 0.1) is 0 Å². The van der Waals surface area contributed by atoms with E-state index >= 15 is 0 Å². The standard InChI is InChI=1S/C17H20N4/c1-3-9-19-17(16-8-11-21(2)20-16)15-6-4-5-13-12-18-10-7-14(13)15/h4-8,10-12,17,19H,3,9H2,1-2H3. The minimum atomic E-state index is 0.109. The van der Waals surface area contributed by atoms with Crippen LogP contribution >= 0.6 is 0 Å². The van der Waals surface area contributed by atoms with E-state index in [0.29, 0.717) is 0 Å². The number of hydrogen-bond acceptors (Lipinski definition) is 3. The number of aromatic nitrogens is 3. The number of aryl methyl sites for hydroxylation is 1. The summed E-state index contributed by atoms with van der Waals surface area (Å²) in [6.07, 6.45) is 6.84. The summed E-state index contributed by atoms with van der Waals surface area (Å²) >= 11 is 0. The highest BCUT2D eigenvalue weighted by molar-refractivity contribution is 5.85. The van der Waals surface area contributed by atoms with Gasteiger partial charge in [-0.2, -0.15) is 5.10 Å². The smallest absolute Gasteiger partial charge is 0.0839 e. The predicted molar refractivity (Wildman–Crippen MR) is 85.1 cm³/mol. The van der Waals surface area contributed by atoms with Crippen molar-refractivity contribution in [3.05, 3.63) is 60.2 Å². The van der Waals surface area contributed by atoms with E-state index in [1.165, 1.54) is 10.9 Å². The number of pyridine rings is 1. The maximum atomic E-state index is 4.59. The fourth-order valence-electron chi connectivity index (χ4n) is 2.65. The van der Waals surface area contributed by atoms with Crippen molar-refractivity contribution >= 4 is 10.8 Å². The van der Waals surface area contributed by atoms with Gasteiger partial charge in [-0.15, -0.1) is 0 Å². The van der Waals surface area contributed by atoms with Crippen LogP contribution in [0.2, 0.25) is 0 Å². The normalized spacial score (nSPS) is 12.7. The van der Waals surface area contributed by atoms with Crippen LogP contribution in [-0.2, 0) is 7.05 Å². The van der Waals surface area contributed by atoms with Crippen LogP contribution in [0.3, 0.4) is 0 Å². The molecule has 21 heavy (non-hydrogen) atoms. The van der Waals surface area contributed by atoms with Crippen LogP contribution in [0.4, 0.5) is 0 Å². The zero-order valence-electron chi connectivity index (χ0n) is 12.5.